The summed E-state index contributed by atoms with van der Waals surface area (Å²) in [6.45, 7) is 1.76. The number of benzene rings is 3. The molecule has 0 aromatic heterocycles. The summed E-state index contributed by atoms with van der Waals surface area (Å²) in [6, 6.07) is 16.9. The molecule has 0 saturated carbocycles. The SMILES string of the molecule is C[C@@H](Nc1ccc2ccccc2c1)C(=O)N/N=C\c1cc(Br)cc(Br)c1O. The fourth-order valence-corrected chi connectivity index (χ4v) is 3.80. The highest BCUT2D eigenvalue weighted by atomic mass is 79.9. The van der Waals surface area contributed by atoms with Crippen LogP contribution in [-0.4, -0.2) is 23.3 Å². The third-order valence-electron chi connectivity index (χ3n) is 3.96. The number of aromatic hydroxyl groups is 1. The van der Waals surface area contributed by atoms with E-state index < -0.39 is 6.04 Å². The summed E-state index contributed by atoms with van der Waals surface area (Å²) >= 11 is 6.60. The minimum atomic E-state index is -0.480. The van der Waals surface area contributed by atoms with E-state index in [1.54, 1.807) is 19.1 Å². The van der Waals surface area contributed by atoms with Crippen molar-refractivity contribution in [3.05, 3.63) is 69.1 Å². The summed E-state index contributed by atoms with van der Waals surface area (Å²) in [5.41, 5.74) is 3.81. The number of anilines is 1. The van der Waals surface area contributed by atoms with E-state index in [0.29, 0.717) is 10.0 Å². The van der Waals surface area contributed by atoms with Gasteiger partial charge in [-0.1, -0.05) is 46.3 Å². The normalized spacial score (nSPS) is 12.3. The van der Waals surface area contributed by atoms with Gasteiger partial charge in [0.2, 0.25) is 0 Å². The number of amides is 1. The van der Waals surface area contributed by atoms with Crippen LogP contribution < -0.4 is 10.7 Å². The molecule has 0 fully saturated rings. The van der Waals surface area contributed by atoms with Gasteiger partial charge in [0.25, 0.3) is 5.91 Å². The van der Waals surface area contributed by atoms with Crippen LogP contribution in [-0.2, 0) is 4.79 Å². The van der Waals surface area contributed by atoms with Gasteiger partial charge in [-0.3, -0.25) is 4.79 Å². The van der Waals surface area contributed by atoms with Gasteiger partial charge in [-0.15, -0.1) is 0 Å². The monoisotopic (exact) mass is 489 g/mol. The van der Waals surface area contributed by atoms with Crippen molar-refractivity contribution >= 4 is 60.4 Å². The summed E-state index contributed by atoms with van der Waals surface area (Å²) in [6.07, 6.45) is 1.39. The molecule has 7 heteroatoms. The Kier molecular flexibility index (Phi) is 6.13. The first-order valence-corrected chi connectivity index (χ1v) is 9.79. The largest absolute Gasteiger partial charge is 0.506 e. The molecule has 5 nitrogen and oxygen atoms in total. The summed E-state index contributed by atoms with van der Waals surface area (Å²) in [4.78, 5) is 12.3. The van der Waals surface area contributed by atoms with Gasteiger partial charge in [0, 0.05) is 15.7 Å². The lowest BCUT2D eigenvalue weighted by atomic mass is 10.1. The zero-order chi connectivity index (χ0) is 19.4. The number of carbonyl (C=O) groups is 1. The number of phenolic OH excluding ortho intramolecular Hbond substituents is 1. The van der Waals surface area contributed by atoms with Gasteiger partial charge in [-0.05, 0) is 57.9 Å². The number of hydrogen-bond donors (Lipinski definition) is 3. The fourth-order valence-electron chi connectivity index (χ4n) is 2.54. The molecule has 0 heterocycles. The molecule has 0 bridgehead atoms. The molecule has 27 heavy (non-hydrogen) atoms. The number of hydrogen-bond acceptors (Lipinski definition) is 4. The van der Waals surface area contributed by atoms with Crippen LogP contribution in [0.5, 0.6) is 5.75 Å². The van der Waals surface area contributed by atoms with E-state index in [1.807, 2.05) is 42.5 Å². The van der Waals surface area contributed by atoms with Crippen LogP contribution in [0.1, 0.15) is 12.5 Å². The average Bonchev–Trinajstić information content (AvgIpc) is 2.65. The third-order valence-corrected chi connectivity index (χ3v) is 5.02. The van der Waals surface area contributed by atoms with Crippen LogP contribution in [0, 0.1) is 0 Å². The van der Waals surface area contributed by atoms with Gasteiger partial charge >= 0.3 is 0 Å². The summed E-state index contributed by atoms with van der Waals surface area (Å²) in [5, 5.41) is 19.3. The van der Waals surface area contributed by atoms with Gasteiger partial charge in [-0.25, -0.2) is 5.43 Å². The van der Waals surface area contributed by atoms with Crippen molar-refractivity contribution in [1.82, 2.24) is 5.43 Å². The Bertz CT molecular complexity index is 1020. The number of halogens is 2. The zero-order valence-electron chi connectivity index (χ0n) is 14.4. The van der Waals surface area contributed by atoms with Crippen molar-refractivity contribution in [2.45, 2.75) is 13.0 Å². The Balaban J connectivity index is 1.63. The second-order valence-corrected chi connectivity index (χ2v) is 7.76. The first kappa shape index (κ1) is 19.4. The van der Waals surface area contributed by atoms with Crippen molar-refractivity contribution in [1.29, 1.82) is 0 Å². The molecule has 0 saturated heterocycles. The number of phenols is 1. The molecular formula is C20H17Br2N3O2. The molecule has 0 aliphatic carbocycles. The fraction of sp³-hybridized carbons (Fsp3) is 0.100. The van der Waals surface area contributed by atoms with Gasteiger partial charge in [0.15, 0.2) is 0 Å². The van der Waals surface area contributed by atoms with Crippen molar-refractivity contribution in [2.24, 2.45) is 5.10 Å². The molecule has 3 aromatic rings. The third kappa shape index (κ3) is 4.87. The van der Waals surface area contributed by atoms with Gasteiger partial charge < -0.3 is 10.4 Å². The van der Waals surface area contributed by atoms with E-state index in [4.69, 9.17) is 0 Å². The summed E-state index contributed by atoms with van der Waals surface area (Å²) < 4.78 is 1.32. The molecule has 138 valence electrons. The second kappa shape index (κ2) is 8.54. The van der Waals surface area contributed by atoms with Crippen LogP contribution in [0.25, 0.3) is 10.8 Å². The molecule has 0 spiro atoms. The van der Waals surface area contributed by atoms with Crippen molar-refractivity contribution in [2.75, 3.05) is 5.32 Å². The van der Waals surface area contributed by atoms with Gasteiger partial charge in [-0.2, -0.15) is 5.10 Å². The predicted octanol–water partition coefficient (Wildman–Crippen LogP) is 5.02. The number of nitrogens with one attached hydrogen (secondary N) is 2. The van der Waals surface area contributed by atoms with Gasteiger partial charge in [0.1, 0.15) is 11.8 Å². The first-order chi connectivity index (χ1) is 12.9. The van der Waals surface area contributed by atoms with E-state index in [0.717, 1.165) is 20.9 Å². The lowest BCUT2D eigenvalue weighted by Crippen LogP contribution is -2.34. The Morgan fingerprint density at radius 2 is 1.85 bits per heavy atom. The number of nitrogens with zero attached hydrogens (tertiary/aromatic N) is 1. The molecule has 1 atom stereocenters. The Morgan fingerprint density at radius 3 is 2.63 bits per heavy atom. The molecular weight excluding hydrogens is 474 g/mol. The number of fused-ring (bicyclic) bond motifs is 1. The van der Waals surface area contributed by atoms with Crippen LogP contribution in [0.2, 0.25) is 0 Å². The lowest BCUT2D eigenvalue weighted by molar-refractivity contribution is -0.121. The smallest absolute Gasteiger partial charge is 0.262 e. The molecule has 1 amide bonds. The molecule has 0 unspecified atom stereocenters. The van der Waals surface area contributed by atoms with E-state index in [2.05, 4.69) is 47.7 Å². The number of hydrazone groups is 1. The lowest BCUT2D eigenvalue weighted by Gasteiger charge is -2.14. The zero-order valence-corrected chi connectivity index (χ0v) is 17.6. The molecule has 3 aromatic carbocycles. The quantitative estimate of drug-likeness (QED) is 0.347. The molecule has 3 N–H and O–H groups in total. The summed E-state index contributed by atoms with van der Waals surface area (Å²) in [5.74, 6) is -0.230. The first-order valence-electron chi connectivity index (χ1n) is 8.20. The van der Waals surface area contributed by atoms with Crippen LogP contribution in [0.3, 0.4) is 0 Å². The van der Waals surface area contributed by atoms with Crippen LogP contribution in [0.15, 0.2) is 68.6 Å². The van der Waals surface area contributed by atoms with Crippen LogP contribution in [0.4, 0.5) is 5.69 Å². The maximum absolute atomic E-state index is 12.3. The Labute approximate surface area is 173 Å². The van der Waals surface area contributed by atoms with Crippen LogP contribution >= 0.6 is 31.9 Å². The van der Waals surface area contributed by atoms with E-state index >= 15 is 0 Å². The second-order valence-electron chi connectivity index (χ2n) is 5.99. The van der Waals surface area contributed by atoms with E-state index in [9.17, 15) is 9.90 Å². The molecule has 0 aliphatic rings. The molecule has 0 radical (unpaired) electrons. The highest BCUT2D eigenvalue weighted by molar-refractivity contribution is 9.11. The predicted molar refractivity (Wildman–Crippen MR) is 116 cm³/mol. The minimum absolute atomic E-state index is 0.0542. The standard InChI is InChI=1S/C20H17Br2N3O2/c1-12(24-17-7-6-13-4-2-3-5-14(13)9-17)20(27)25-23-11-15-8-16(21)10-18(22)19(15)26/h2-12,24,26H,1H3,(H,25,27)/b23-11-/t12-/m1/s1. The highest BCUT2D eigenvalue weighted by Gasteiger charge is 2.12. The van der Waals surface area contributed by atoms with E-state index in [-0.39, 0.29) is 11.7 Å². The van der Waals surface area contributed by atoms with Crippen molar-refractivity contribution in [3.8, 4) is 5.75 Å². The average molecular weight is 491 g/mol. The van der Waals surface area contributed by atoms with Crippen molar-refractivity contribution < 1.29 is 9.90 Å². The minimum Gasteiger partial charge on any atom is -0.506 e. The topological polar surface area (TPSA) is 73.7 Å². The molecule has 0 aliphatic heterocycles. The van der Waals surface area contributed by atoms with E-state index in [1.165, 1.54) is 6.21 Å². The van der Waals surface area contributed by atoms with Gasteiger partial charge in [0.05, 0.1) is 10.7 Å². The maximum Gasteiger partial charge on any atom is 0.262 e. The molecule has 3 rings (SSSR count). The maximum atomic E-state index is 12.3. The Morgan fingerprint density at radius 1 is 1.11 bits per heavy atom. The highest BCUT2D eigenvalue weighted by Crippen LogP contribution is 2.30. The number of rotatable bonds is 5. The number of carbonyl (C=O) groups excluding carboxylic acids is 1. The Hall–Kier alpha value is -2.38. The van der Waals surface area contributed by atoms with Crippen molar-refractivity contribution in [3.63, 3.8) is 0 Å². The summed E-state index contributed by atoms with van der Waals surface area (Å²) in [7, 11) is 0.